The first-order valence-corrected chi connectivity index (χ1v) is 7.65. The van der Waals surface area contributed by atoms with Crippen molar-refractivity contribution in [2.24, 2.45) is 5.73 Å². The Morgan fingerprint density at radius 2 is 1.95 bits per heavy atom. The van der Waals surface area contributed by atoms with Crippen LogP contribution in [0.5, 0.6) is 0 Å². The zero-order valence-electron chi connectivity index (χ0n) is 12.7. The van der Waals surface area contributed by atoms with Gasteiger partial charge in [0.1, 0.15) is 0 Å². The Morgan fingerprint density at radius 1 is 1.26 bits per heavy atom. The van der Waals surface area contributed by atoms with Crippen molar-refractivity contribution in [3.8, 4) is 0 Å². The number of hydrogen-bond acceptors (Lipinski definition) is 2. The molecule has 1 aromatic carbocycles. The molecule has 2 rings (SSSR count). The summed E-state index contributed by atoms with van der Waals surface area (Å²) in [6, 6.07) is 8.77. The fourth-order valence-corrected chi connectivity index (χ4v) is 3.27. The van der Waals surface area contributed by atoms with E-state index in [-0.39, 0.29) is 11.6 Å². The van der Waals surface area contributed by atoms with Crippen molar-refractivity contribution >= 4 is 0 Å². The second-order valence-electron chi connectivity index (χ2n) is 6.15. The van der Waals surface area contributed by atoms with E-state index in [1.807, 2.05) is 0 Å². The van der Waals surface area contributed by atoms with E-state index in [4.69, 9.17) is 5.73 Å². The molecule has 2 unspecified atom stereocenters. The highest BCUT2D eigenvalue weighted by atomic mass is 15.2. The third-order valence-electron chi connectivity index (χ3n) is 4.87. The molecule has 2 heteroatoms. The minimum atomic E-state index is 0.0776. The average Bonchev–Trinajstić information content (AvgIpc) is 2.46. The van der Waals surface area contributed by atoms with Crippen LogP contribution in [0.1, 0.15) is 56.7 Å². The zero-order valence-corrected chi connectivity index (χ0v) is 12.7. The zero-order chi connectivity index (χ0) is 13.9. The highest BCUT2D eigenvalue weighted by Crippen LogP contribution is 2.34. The first-order valence-electron chi connectivity index (χ1n) is 7.65. The number of piperidine rings is 1. The molecule has 0 bridgehead atoms. The van der Waals surface area contributed by atoms with Crippen LogP contribution in [0.3, 0.4) is 0 Å². The van der Waals surface area contributed by atoms with Crippen LogP contribution >= 0.6 is 0 Å². The molecule has 1 aliphatic rings. The number of aryl methyl sites for hydroxylation is 1. The Labute approximate surface area is 118 Å². The maximum absolute atomic E-state index is 6.64. The molecule has 1 heterocycles. The molecule has 1 saturated heterocycles. The van der Waals surface area contributed by atoms with Crippen LogP contribution in [0, 0.1) is 6.92 Å². The topological polar surface area (TPSA) is 29.3 Å². The van der Waals surface area contributed by atoms with Crippen molar-refractivity contribution < 1.29 is 0 Å². The van der Waals surface area contributed by atoms with Crippen LogP contribution < -0.4 is 5.73 Å². The van der Waals surface area contributed by atoms with Gasteiger partial charge in [-0.2, -0.15) is 0 Å². The van der Waals surface area contributed by atoms with Crippen LogP contribution in [-0.2, 0) is 0 Å². The van der Waals surface area contributed by atoms with Gasteiger partial charge in [-0.15, -0.1) is 0 Å². The third kappa shape index (κ3) is 3.01. The maximum Gasteiger partial charge on any atom is 0.0479 e. The van der Waals surface area contributed by atoms with Crippen LogP contribution in [0.25, 0.3) is 0 Å². The van der Waals surface area contributed by atoms with Gasteiger partial charge in [-0.1, -0.05) is 43.2 Å². The second-order valence-corrected chi connectivity index (χ2v) is 6.15. The second kappa shape index (κ2) is 6.06. The summed E-state index contributed by atoms with van der Waals surface area (Å²) in [6.07, 6.45) is 5.10. The summed E-state index contributed by atoms with van der Waals surface area (Å²) in [5, 5.41) is 0. The highest BCUT2D eigenvalue weighted by molar-refractivity contribution is 5.27. The molecular weight excluding hydrogens is 232 g/mol. The number of benzene rings is 1. The van der Waals surface area contributed by atoms with Crippen molar-refractivity contribution in [1.82, 2.24) is 4.90 Å². The van der Waals surface area contributed by atoms with Gasteiger partial charge in [0.25, 0.3) is 0 Å². The van der Waals surface area contributed by atoms with E-state index < -0.39 is 0 Å². The molecule has 2 nitrogen and oxygen atoms in total. The maximum atomic E-state index is 6.64. The van der Waals surface area contributed by atoms with Crippen LogP contribution in [0.4, 0.5) is 0 Å². The Hall–Kier alpha value is -0.860. The van der Waals surface area contributed by atoms with Crippen LogP contribution in [0.2, 0.25) is 0 Å². The summed E-state index contributed by atoms with van der Waals surface area (Å²) in [6.45, 7) is 9.14. The van der Waals surface area contributed by atoms with Gasteiger partial charge >= 0.3 is 0 Å². The number of likely N-dealkylation sites (tertiary alicyclic amines) is 1. The predicted molar refractivity (Wildman–Crippen MR) is 82.2 cm³/mol. The average molecular weight is 260 g/mol. The monoisotopic (exact) mass is 260 g/mol. The molecule has 0 radical (unpaired) electrons. The van der Waals surface area contributed by atoms with E-state index in [0.717, 1.165) is 6.42 Å². The number of nitrogens with two attached hydrogens (primary N) is 1. The van der Waals surface area contributed by atoms with Crippen molar-refractivity contribution in [3.05, 3.63) is 35.4 Å². The van der Waals surface area contributed by atoms with Crippen LogP contribution in [-0.4, -0.2) is 23.5 Å². The fourth-order valence-electron chi connectivity index (χ4n) is 3.27. The third-order valence-corrected chi connectivity index (χ3v) is 4.87. The fraction of sp³-hybridized carbons (Fsp3) is 0.647. The van der Waals surface area contributed by atoms with E-state index in [1.165, 1.54) is 43.5 Å². The molecule has 0 amide bonds. The number of nitrogens with zero attached hydrogens (tertiary/aromatic N) is 1. The lowest BCUT2D eigenvalue weighted by Crippen LogP contribution is -2.54. The summed E-state index contributed by atoms with van der Waals surface area (Å²) < 4.78 is 0. The first-order chi connectivity index (χ1) is 9.08. The smallest absolute Gasteiger partial charge is 0.0479 e. The van der Waals surface area contributed by atoms with Gasteiger partial charge in [0.15, 0.2) is 0 Å². The Balaban J connectivity index is 2.24. The van der Waals surface area contributed by atoms with E-state index in [2.05, 4.69) is 49.9 Å². The first kappa shape index (κ1) is 14.5. The van der Waals surface area contributed by atoms with E-state index in [0.29, 0.717) is 0 Å². The number of hydrogen-bond donors (Lipinski definition) is 1. The van der Waals surface area contributed by atoms with Gasteiger partial charge in [-0.3, -0.25) is 4.90 Å². The van der Waals surface area contributed by atoms with E-state index in [9.17, 15) is 0 Å². The van der Waals surface area contributed by atoms with Gasteiger partial charge in [-0.05, 0) is 51.8 Å². The van der Waals surface area contributed by atoms with Gasteiger partial charge in [-0.25, -0.2) is 0 Å². The molecule has 2 N–H and O–H groups in total. The van der Waals surface area contributed by atoms with E-state index in [1.54, 1.807) is 0 Å². The minimum Gasteiger partial charge on any atom is -0.322 e. The summed E-state index contributed by atoms with van der Waals surface area (Å²) in [4.78, 5) is 2.61. The molecule has 0 spiro atoms. The summed E-state index contributed by atoms with van der Waals surface area (Å²) in [7, 11) is 0. The molecule has 1 aliphatic heterocycles. The summed E-state index contributed by atoms with van der Waals surface area (Å²) >= 11 is 0. The molecule has 2 atom stereocenters. The highest BCUT2D eigenvalue weighted by Gasteiger charge is 2.37. The lowest BCUT2D eigenvalue weighted by Gasteiger charge is -2.47. The SMILES string of the molecule is CCC(C)(C(N)c1cccc(C)c1)N1CCCCC1. The summed E-state index contributed by atoms with van der Waals surface area (Å²) in [5.41, 5.74) is 9.29. The number of rotatable bonds is 4. The largest absolute Gasteiger partial charge is 0.322 e. The lowest BCUT2D eigenvalue weighted by molar-refractivity contribution is 0.0542. The standard InChI is InChI=1S/C17H28N2/c1-4-17(3,19-11-6-5-7-12-19)16(18)15-10-8-9-14(2)13-15/h8-10,13,16H,4-7,11-12,18H2,1-3H3. The van der Waals surface area contributed by atoms with E-state index >= 15 is 0 Å². The Bertz CT molecular complexity index is 409. The Morgan fingerprint density at radius 3 is 2.53 bits per heavy atom. The van der Waals surface area contributed by atoms with Gasteiger partial charge in [0.2, 0.25) is 0 Å². The van der Waals surface area contributed by atoms with Gasteiger partial charge in [0.05, 0.1) is 0 Å². The van der Waals surface area contributed by atoms with Crippen LogP contribution in [0.15, 0.2) is 24.3 Å². The molecule has 19 heavy (non-hydrogen) atoms. The molecule has 0 aromatic heterocycles. The van der Waals surface area contributed by atoms with Crippen molar-refractivity contribution in [1.29, 1.82) is 0 Å². The van der Waals surface area contributed by atoms with Crippen molar-refractivity contribution in [2.75, 3.05) is 13.1 Å². The van der Waals surface area contributed by atoms with Crippen molar-refractivity contribution in [2.45, 2.75) is 58.0 Å². The Kier molecular flexibility index (Phi) is 4.64. The minimum absolute atomic E-state index is 0.0776. The van der Waals surface area contributed by atoms with Gasteiger partial charge < -0.3 is 5.73 Å². The summed E-state index contributed by atoms with van der Waals surface area (Å²) in [5.74, 6) is 0. The molecule has 1 aromatic rings. The molecular formula is C17H28N2. The van der Waals surface area contributed by atoms with Crippen molar-refractivity contribution in [3.63, 3.8) is 0 Å². The lowest BCUT2D eigenvalue weighted by atomic mass is 9.82. The van der Waals surface area contributed by atoms with Gasteiger partial charge in [0, 0.05) is 11.6 Å². The normalized spacial score (nSPS) is 21.9. The molecule has 0 aliphatic carbocycles. The molecule has 106 valence electrons. The quantitative estimate of drug-likeness (QED) is 0.895. The molecule has 0 saturated carbocycles. The molecule has 1 fully saturated rings. The predicted octanol–water partition coefficient (Wildman–Crippen LogP) is 3.65.